The summed E-state index contributed by atoms with van der Waals surface area (Å²) in [4.78, 5) is 23.6. The Morgan fingerprint density at radius 1 is 1.24 bits per heavy atom. The fourth-order valence-corrected chi connectivity index (χ4v) is 1.88. The fraction of sp³-hybridized carbons (Fsp3) is 0.333. The molecule has 0 radical (unpaired) electrons. The van der Waals surface area contributed by atoms with Crippen LogP contribution in [0, 0.1) is 0 Å². The highest BCUT2D eigenvalue weighted by Gasteiger charge is 2.27. The molecule has 2 amide bonds. The minimum atomic E-state index is -4.36. The number of nitrogens with zero attached hydrogens (tertiary/aromatic N) is 1. The van der Waals surface area contributed by atoms with Crippen LogP contribution >= 0.6 is 11.8 Å². The standard InChI is InChI=1S/C12H13F3N2O3S/c13-12(14,15)21-7-6-16-11(20)17(8-10(18)19)9-4-2-1-3-5-9/h1-5H,6-8H2,(H,16,20)(H,18,19). The number of rotatable bonds is 6. The molecule has 0 aromatic heterocycles. The Bertz CT molecular complexity index is 482. The number of benzene rings is 1. The average molecular weight is 322 g/mol. The number of urea groups is 1. The van der Waals surface area contributed by atoms with Gasteiger partial charge in [-0.05, 0) is 23.9 Å². The van der Waals surface area contributed by atoms with E-state index in [2.05, 4.69) is 5.32 Å². The number of carbonyl (C=O) groups excluding carboxylic acids is 1. The van der Waals surface area contributed by atoms with Crippen molar-refractivity contribution in [2.24, 2.45) is 0 Å². The summed E-state index contributed by atoms with van der Waals surface area (Å²) >= 11 is -0.253. The fourth-order valence-electron chi connectivity index (χ4n) is 1.44. The van der Waals surface area contributed by atoms with Crippen LogP contribution in [0.4, 0.5) is 23.7 Å². The van der Waals surface area contributed by atoms with Crippen molar-refractivity contribution >= 4 is 29.4 Å². The number of hydrogen-bond donors (Lipinski definition) is 2. The van der Waals surface area contributed by atoms with Gasteiger partial charge in [0.15, 0.2) is 0 Å². The minimum absolute atomic E-state index is 0.216. The number of anilines is 1. The van der Waals surface area contributed by atoms with Crippen molar-refractivity contribution < 1.29 is 27.9 Å². The van der Waals surface area contributed by atoms with E-state index in [1.54, 1.807) is 18.2 Å². The highest BCUT2D eigenvalue weighted by molar-refractivity contribution is 8.00. The number of hydrogen-bond acceptors (Lipinski definition) is 3. The van der Waals surface area contributed by atoms with Gasteiger partial charge in [0.1, 0.15) is 6.54 Å². The van der Waals surface area contributed by atoms with Gasteiger partial charge >= 0.3 is 17.5 Å². The second-order valence-electron chi connectivity index (χ2n) is 3.84. The van der Waals surface area contributed by atoms with Crippen molar-refractivity contribution in [1.82, 2.24) is 5.32 Å². The van der Waals surface area contributed by atoms with Gasteiger partial charge < -0.3 is 10.4 Å². The highest BCUT2D eigenvalue weighted by atomic mass is 32.2. The summed E-state index contributed by atoms with van der Waals surface area (Å²) in [6, 6.07) is 7.25. The van der Waals surface area contributed by atoms with E-state index in [0.717, 1.165) is 4.90 Å². The molecule has 0 saturated carbocycles. The maximum absolute atomic E-state index is 11.9. The van der Waals surface area contributed by atoms with E-state index in [-0.39, 0.29) is 24.1 Å². The first-order valence-corrected chi connectivity index (χ1v) is 6.81. The van der Waals surface area contributed by atoms with Crippen molar-refractivity contribution in [1.29, 1.82) is 0 Å². The highest BCUT2D eigenvalue weighted by Crippen LogP contribution is 2.29. The summed E-state index contributed by atoms with van der Waals surface area (Å²) in [6.07, 6.45) is 0. The second kappa shape index (κ2) is 7.77. The molecule has 0 bridgehead atoms. The number of alkyl halides is 3. The topological polar surface area (TPSA) is 69.6 Å². The predicted molar refractivity (Wildman–Crippen MR) is 73.3 cm³/mol. The molecule has 5 nitrogen and oxygen atoms in total. The maximum atomic E-state index is 11.9. The van der Waals surface area contributed by atoms with Crippen LogP contribution in [0.25, 0.3) is 0 Å². The van der Waals surface area contributed by atoms with Gasteiger partial charge in [-0.1, -0.05) is 18.2 Å². The molecule has 0 spiro atoms. The SMILES string of the molecule is O=C(O)CN(C(=O)NCCSC(F)(F)F)c1ccccc1. The van der Waals surface area contributed by atoms with Crippen LogP contribution in [-0.4, -0.2) is 41.5 Å². The van der Waals surface area contributed by atoms with Crippen molar-refractivity contribution in [3.8, 4) is 0 Å². The largest absolute Gasteiger partial charge is 0.480 e. The van der Waals surface area contributed by atoms with E-state index >= 15 is 0 Å². The molecule has 0 aliphatic rings. The van der Waals surface area contributed by atoms with E-state index in [1.165, 1.54) is 12.1 Å². The molecule has 21 heavy (non-hydrogen) atoms. The van der Waals surface area contributed by atoms with Gasteiger partial charge in [0.25, 0.3) is 0 Å². The third kappa shape index (κ3) is 6.89. The lowest BCUT2D eigenvalue weighted by Crippen LogP contribution is -2.43. The van der Waals surface area contributed by atoms with Crippen LogP contribution in [0.2, 0.25) is 0 Å². The smallest absolute Gasteiger partial charge is 0.441 e. The van der Waals surface area contributed by atoms with Crippen molar-refractivity contribution in [2.75, 3.05) is 23.7 Å². The maximum Gasteiger partial charge on any atom is 0.441 e. The molecule has 1 aromatic carbocycles. The normalized spacial score (nSPS) is 11.0. The van der Waals surface area contributed by atoms with Crippen molar-refractivity contribution in [2.45, 2.75) is 5.51 Å². The molecule has 0 aliphatic heterocycles. The Balaban J connectivity index is 2.59. The molecular weight excluding hydrogens is 309 g/mol. The quantitative estimate of drug-likeness (QED) is 0.790. The lowest BCUT2D eigenvalue weighted by Gasteiger charge is -2.21. The van der Waals surface area contributed by atoms with Crippen LogP contribution in [0.3, 0.4) is 0 Å². The number of nitrogens with one attached hydrogen (secondary N) is 1. The predicted octanol–water partition coefficient (Wildman–Crippen LogP) is 2.54. The Hall–Kier alpha value is -1.90. The number of thioether (sulfide) groups is 1. The molecule has 2 N–H and O–H groups in total. The van der Waals surface area contributed by atoms with Crippen LogP contribution in [0.5, 0.6) is 0 Å². The zero-order chi connectivity index (χ0) is 15.9. The first-order valence-electron chi connectivity index (χ1n) is 5.82. The zero-order valence-electron chi connectivity index (χ0n) is 10.8. The van der Waals surface area contributed by atoms with Crippen molar-refractivity contribution in [3.05, 3.63) is 30.3 Å². The summed E-state index contributed by atoms with van der Waals surface area (Å²) in [5.74, 6) is -1.57. The van der Waals surface area contributed by atoms with E-state index < -0.39 is 24.1 Å². The molecular formula is C12H13F3N2O3S. The van der Waals surface area contributed by atoms with Crippen LogP contribution in [-0.2, 0) is 4.79 Å². The molecule has 0 saturated heterocycles. The molecule has 116 valence electrons. The van der Waals surface area contributed by atoms with Crippen molar-refractivity contribution in [3.63, 3.8) is 0 Å². The molecule has 1 rings (SSSR count). The number of aliphatic carboxylic acids is 1. The summed E-state index contributed by atoms with van der Waals surface area (Å²) in [5, 5.41) is 11.1. The minimum Gasteiger partial charge on any atom is -0.480 e. The van der Waals surface area contributed by atoms with Gasteiger partial charge in [-0.25, -0.2) is 4.79 Å². The molecule has 1 aromatic rings. The lowest BCUT2D eigenvalue weighted by molar-refractivity contribution is -0.135. The van der Waals surface area contributed by atoms with Crippen LogP contribution in [0.1, 0.15) is 0 Å². The molecule has 0 aliphatic carbocycles. The Labute approximate surface area is 123 Å². The number of carboxylic acids is 1. The summed E-state index contributed by atoms with van der Waals surface area (Å²) in [6.45, 7) is -0.797. The monoisotopic (exact) mass is 322 g/mol. The van der Waals surface area contributed by atoms with Gasteiger partial charge in [-0.15, -0.1) is 0 Å². The molecule has 0 fully saturated rings. The van der Waals surface area contributed by atoms with E-state index in [9.17, 15) is 22.8 Å². The van der Waals surface area contributed by atoms with E-state index in [4.69, 9.17) is 5.11 Å². The number of amides is 2. The third-order valence-corrected chi connectivity index (χ3v) is 2.99. The average Bonchev–Trinajstić information content (AvgIpc) is 2.40. The first-order chi connectivity index (χ1) is 9.79. The summed E-state index contributed by atoms with van der Waals surface area (Å²) in [5.41, 5.74) is -4.01. The molecule has 9 heteroatoms. The number of halogens is 3. The number of carboxylic acid groups (broad SMARTS) is 1. The molecule has 0 unspecified atom stereocenters. The van der Waals surface area contributed by atoms with E-state index in [1.807, 2.05) is 0 Å². The van der Waals surface area contributed by atoms with Gasteiger partial charge in [-0.2, -0.15) is 13.2 Å². The van der Waals surface area contributed by atoms with Gasteiger partial charge in [0.05, 0.1) is 0 Å². The van der Waals surface area contributed by atoms with Gasteiger partial charge in [-0.3, -0.25) is 9.69 Å². The third-order valence-electron chi connectivity index (χ3n) is 2.25. The summed E-state index contributed by atoms with van der Waals surface area (Å²) < 4.78 is 35.8. The zero-order valence-corrected chi connectivity index (χ0v) is 11.6. The van der Waals surface area contributed by atoms with Gasteiger partial charge in [0, 0.05) is 18.0 Å². The summed E-state index contributed by atoms with van der Waals surface area (Å²) in [7, 11) is 0. The van der Waals surface area contributed by atoms with Crippen LogP contribution < -0.4 is 10.2 Å². The number of para-hydroxylation sites is 1. The Morgan fingerprint density at radius 2 is 1.86 bits per heavy atom. The second-order valence-corrected chi connectivity index (χ2v) is 5.00. The molecule has 0 heterocycles. The van der Waals surface area contributed by atoms with Gasteiger partial charge in [0.2, 0.25) is 0 Å². The Kier molecular flexibility index (Phi) is 6.35. The Morgan fingerprint density at radius 3 is 2.38 bits per heavy atom. The van der Waals surface area contributed by atoms with E-state index in [0.29, 0.717) is 5.69 Å². The number of carbonyl (C=O) groups is 2. The van der Waals surface area contributed by atoms with Crippen LogP contribution in [0.15, 0.2) is 30.3 Å². The first kappa shape index (κ1) is 17.2. The lowest BCUT2D eigenvalue weighted by atomic mass is 10.3. The molecule has 0 atom stereocenters.